The van der Waals surface area contributed by atoms with Gasteiger partial charge in [0.2, 0.25) is 5.91 Å². The monoisotopic (exact) mass is 337 g/mol. The topological polar surface area (TPSA) is 38.8 Å². The molecule has 0 bridgehead atoms. The molecular weight excluding hydrogens is 310 g/mol. The van der Waals surface area contributed by atoms with E-state index in [0.717, 1.165) is 38.8 Å². The largest absolute Gasteiger partial charge is 0.347 e. The zero-order valence-electron chi connectivity index (χ0n) is 14.4. The summed E-state index contributed by atoms with van der Waals surface area (Å²) < 4.78 is 11.7. The molecule has 4 nitrogen and oxygen atoms in total. The predicted molar refractivity (Wildman–Crippen MR) is 91.8 cm³/mol. The van der Waals surface area contributed by atoms with Crippen molar-refractivity contribution < 1.29 is 14.3 Å². The first-order chi connectivity index (χ1) is 11.0. The molecule has 1 atom stereocenters. The normalized spacial score (nSPS) is 23.6. The number of nitrogens with zero attached hydrogens (tertiary/aromatic N) is 1. The van der Waals surface area contributed by atoms with Gasteiger partial charge in [-0.05, 0) is 45.2 Å². The SMILES string of the molecule is Cc1cc(CCCC(=O)N2CCC3(CC2)OC[C@@H](C)O3)c(C)s1. The van der Waals surface area contributed by atoms with E-state index in [0.29, 0.717) is 13.0 Å². The number of amides is 1. The third-order valence-corrected chi connectivity index (χ3v) is 5.86. The summed E-state index contributed by atoms with van der Waals surface area (Å²) >= 11 is 1.84. The van der Waals surface area contributed by atoms with Crippen LogP contribution in [0.3, 0.4) is 0 Å². The van der Waals surface area contributed by atoms with Crippen molar-refractivity contribution in [1.29, 1.82) is 0 Å². The molecule has 2 saturated heterocycles. The Labute approximate surface area is 142 Å². The lowest BCUT2D eigenvalue weighted by molar-refractivity contribution is -0.194. The Kier molecular flexibility index (Phi) is 5.09. The standard InChI is InChI=1S/C18H27NO3S/c1-13-12-21-18(22-13)7-9-19(10-8-18)17(20)6-4-5-16-11-14(2)23-15(16)3/h11,13H,4-10,12H2,1-3H3/t13-/m1/s1. The molecular formula is C18H27NO3S. The fraction of sp³-hybridized carbons (Fsp3) is 0.722. The molecule has 0 saturated carbocycles. The number of piperidine rings is 1. The number of carbonyl (C=O) groups is 1. The molecule has 1 spiro atoms. The number of hydrogen-bond donors (Lipinski definition) is 0. The van der Waals surface area contributed by atoms with Gasteiger partial charge in [-0.15, -0.1) is 11.3 Å². The van der Waals surface area contributed by atoms with Crippen LogP contribution in [-0.4, -0.2) is 42.4 Å². The molecule has 0 N–H and O–H groups in total. The number of thiophene rings is 1. The van der Waals surface area contributed by atoms with Gasteiger partial charge in [-0.2, -0.15) is 0 Å². The molecule has 3 rings (SSSR count). The van der Waals surface area contributed by atoms with Gasteiger partial charge in [-0.1, -0.05) is 0 Å². The number of rotatable bonds is 4. The van der Waals surface area contributed by atoms with Gasteiger partial charge in [0.15, 0.2) is 5.79 Å². The number of hydrogen-bond acceptors (Lipinski definition) is 4. The van der Waals surface area contributed by atoms with Gasteiger partial charge in [0, 0.05) is 42.1 Å². The minimum Gasteiger partial charge on any atom is -0.347 e. The zero-order chi connectivity index (χ0) is 16.4. The fourth-order valence-electron chi connectivity index (χ4n) is 3.58. The van der Waals surface area contributed by atoms with Crippen LogP contribution >= 0.6 is 11.3 Å². The van der Waals surface area contributed by atoms with Crippen LogP contribution < -0.4 is 0 Å². The Bertz CT molecular complexity index is 561. The van der Waals surface area contributed by atoms with Crippen molar-refractivity contribution in [3.8, 4) is 0 Å². The second-order valence-corrected chi connectivity index (χ2v) is 8.28. The lowest BCUT2D eigenvalue weighted by Crippen LogP contribution is -2.47. The first kappa shape index (κ1) is 16.9. The number of likely N-dealkylation sites (tertiary alicyclic amines) is 1. The van der Waals surface area contributed by atoms with Crippen molar-refractivity contribution in [2.24, 2.45) is 0 Å². The molecule has 0 aliphatic carbocycles. The average molecular weight is 337 g/mol. The molecule has 1 amide bonds. The third-order valence-electron chi connectivity index (χ3n) is 4.86. The Balaban J connectivity index is 1.42. The second kappa shape index (κ2) is 6.91. The van der Waals surface area contributed by atoms with Gasteiger partial charge in [-0.3, -0.25) is 4.79 Å². The van der Waals surface area contributed by atoms with E-state index in [2.05, 4.69) is 19.9 Å². The summed E-state index contributed by atoms with van der Waals surface area (Å²) in [6, 6.07) is 2.26. The first-order valence-electron chi connectivity index (χ1n) is 8.63. The maximum absolute atomic E-state index is 12.4. The van der Waals surface area contributed by atoms with Gasteiger partial charge < -0.3 is 14.4 Å². The van der Waals surface area contributed by atoms with E-state index in [9.17, 15) is 4.79 Å². The van der Waals surface area contributed by atoms with Crippen LogP contribution in [0.2, 0.25) is 0 Å². The van der Waals surface area contributed by atoms with Gasteiger partial charge in [0.25, 0.3) is 0 Å². The van der Waals surface area contributed by atoms with E-state index in [1.54, 1.807) is 0 Å². The Hall–Kier alpha value is -0.910. The van der Waals surface area contributed by atoms with Crippen LogP contribution in [0, 0.1) is 13.8 Å². The smallest absolute Gasteiger partial charge is 0.222 e. The molecule has 2 aliphatic heterocycles. The molecule has 0 radical (unpaired) electrons. The lowest BCUT2D eigenvalue weighted by atomic mass is 10.0. The first-order valence-corrected chi connectivity index (χ1v) is 9.44. The van der Waals surface area contributed by atoms with E-state index in [1.165, 1.54) is 15.3 Å². The summed E-state index contributed by atoms with van der Waals surface area (Å²) in [5, 5.41) is 0. The van der Waals surface area contributed by atoms with E-state index < -0.39 is 5.79 Å². The Morgan fingerprint density at radius 1 is 1.39 bits per heavy atom. The van der Waals surface area contributed by atoms with Gasteiger partial charge >= 0.3 is 0 Å². The Morgan fingerprint density at radius 2 is 2.13 bits per heavy atom. The van der Waals surface area contributed by atoms with Crippen LogP contribution in [0.5, 0.6) is 0 Å². The second-order valence-electron chi connectivity index (χ2n) is 6.82. The summed E-state index contributed by atoms with van der Waals surface area (Å²) in [5.41, 5.74) is 1.40. The van der Waals surface area contributed by atoms with Crippen LogP contribution in [0.15, 0.2) is 6.07 Å². The van der Waals surface area contributed by atoms with Crippen molar-refractivity contribution in [1.82, 2.24) is 4.90 Å². The molecule has 1 aromatic rings. The summed E-state index contributed by atoms with van der Waals surface area (Å²) in [4.78, 5) is 17.1. The van der Waals surface area contributed by atoms with Crippen molar-refractivity contribution in [2.45, 2.75) is 64.8 Å². The molecule has 0 aromatic carbocycles. The van der Waals surface area contributed by atoms with Crippen LogP contribution in [0.4, 0.5) is 0 Å². The third kappa shape index (κ3) is 3.95. The lowest BCUT2D eigenvalue weighted by Gasteiger charge is -2.37. The summed E-state index contributed by atoms with van der Waals surface area (Å²) in [7, 11) is 0. The van der Waals surface area contributed by atoms with Crippen molar-refractivity contribution in [3.63, 3.8) is 0 Å². The molecule has 23 heavy (non-hydrogen) atoms. The van der Waals surface area contributed by atoms with Crippen LogP contribution in [-0.2, 0) is 20.7 Å². The molecule has 2 aliphatic rings. The highest BCUT2D eigenvalue weighted by atomic mass is 32.1. The highest BCUT2D eigenvalue weighted by molar-refractivity contribution is 7.12. The molecule has 128 valence electrons. The molecule has 2 fully saturated rings. The van der Waals surface area contributed by atoms with Gasteiger partial charge in [0.05, 0.1) is 12.7 Å². The number of aryl methyl sites for hydroxylation is 3. The van der Waals surface area contributed by atoms with E-state index in [-0.39, 0.29) is 12.0 Å². The van der Waals surface area contributed by atoms with Crippen molar-refractivity contribution >= 4 is 17.2 Å². The quantitative estimate of drug-likeness (QED) is 0.845. The highest BCUT2D eigenvalue weighted by Gasteiger charge is 2.43. The molecule has 5 heteroatoms. The molecule has 0 unspecified atom stereocenters. The minimum atomic E-state index is -0.415. The van der Waals surface area contributed by atoms with Crippen LogP contribution in [0.25, 0.3) is 0 Å². The zero-order valence-corrected chi connectivity index (χ0v) is 15.2. The van der Waals surface area contributed by atoms with Gasteiger partial charge in [-0.25, -0.2) is 0 Å². The number of ether oxygens (including phenoxy) is 2. The predicted octanol–water partition coefficient (Wildman–Crippen LogP) is 3.44. The molecule has 3 heterocycles. The summed E-state index contributed by atoms with van der Waals surface area (Å²) in [6.45, 7) is 8.53. The molecule has 1 aromatic heterocycles. The maximum atomic E-state index is 12.4. The summed E-state index contributed by atoms with van der Waals surface area (Å²) in [6.07, 6.45) is 4.34. The van der Waals surface area contributed by atoms with E-state index in [1.807, 2.05) is 23.2 Å². The highest BCUT2D eigenvalue weighted by Crippen LogP contribution is 2.34. The average Bonchev–Trinajstić information content (AvgIpc) is 3.02. The Morgan fingerprint density at radius 3 is 2.70 bits per heavy atom. The maximum Gasteiger partial charge on any atom is 0.222 e. The van der Waals surface area contributed by atoms with Gasteiger partial charge in [0.1, 0.15) is 0 Å². The summed E-state index contributed by atoms with van der Waals surface area (Å²) in [5.74, 6) is -0.142. The van der Waals surface area contributed by atoms with E-state index >= 15 is 0 Å². The number of carbonyl (C=O) groups excluding carboxylic acids is 1. The van der Waals surface area contributed by atoms with E-state index in [4.69, 9.17) is 9.47 Å². The fourth-order valence-corrected chi connectivity index (χ4v) is 4.56. The van der Waals surface area contributed by atoms with Crippen LogP contribution in [0.1, 0.15) is 47.9 Å². The van der Waals surface area contributed by atoms with Crippen molar-refractivity contribution in [3.05, 3.63) is 21.4 Å². The van der Waals surface area contributed by atoms with Crippen molar-refractivity contribution in [2.75, 3.05) is 19.7 Å². The minimum absolute atomic E-state index is 0.176.